The molecule has 1 amide bonds. The van der Waals surface area contributed by atoms with Crippen molar-refractivity contribution in [2.24, 2.45) is 0 Å². The molecule has 0 unspecified atom stereocenters. The van der Waals surface area contributed by atoms with Crippen LogP contribution in [0, 0.1) is 11.6 Å². The first kappa shape index (κ1) is 20.6. The Kier molecular flexibility index (Phi) is 5.72. The molecular formula is C21H16F2N4O3S. The minimum Gasteiger partial charge on any atom is -0.302 e. The van der Waals surface area contributed by atoms with Crippen LogP contribution in [-0.4, -0.2) is 20.4 Å². The number of nitrogens with zero attached hydrogens (tertiary/aromatic N) is 2. The summed E-state index contributed by atoms with van der Waals surface area (Å²) >= 11 is 1.22. The van der Waals surface area contributed by atoms with Gasteiger partial charge in [-0.05, 0) is 29.8 Å². The predicted octanol–water partition coefficient (Wildman–Crippen LogP) is 3.04. The maximum atomic E-state index is 13.3. The lowest BCUT2D eigenvalue weighted by molar-refractivity contribution is -0.116. The molecule has 31 heavy (non-hydrogen) atoms. The summed E-state index contributed by atoms with van der Waals surface area (Å²) in [7, 11) is 0. The molecule has 2 aromatic carbocycles. The number of nitrogens with one attached hydrogen (secondary N) is 2. The molecule has 4 aromatic rings. The number of fused-ring (bicyclic) bond motifs is 1. The van der Waals surface area contributed by atoms with E-state index < -0.39 is 22.9 Å². The van der Waals surface area contributed by atoms with Gasteiger partial charge in [-0.2, -0.15) is 0 Å². The van der Waals surface area contributed by atoms with E-state index in [4.69, 9.17) is 0 Å². The van der Waals surface area contributed by atoms with Gasteiger partial charge in [0.1, 0.15) is 0 Å². The number of amides is 1. The number of hydrogen-bond donors (Lipinski definition) is 2. The number of aromatic nitrogens is 3. The number of H-pyrrole nitrogens is 1. The van der Waals surface area contributed by atoms with Gasteiger partial charge in [-0.25, -0.2) is 18.6 Å². The molecule has 0 radical (unpaired) electrons. The van der Waals surface area contributed by atoms with Gasteiger partial charge >= 0.3 is 5.69 Å². The SMILES string of the molecule is O=C(CCn1c(=O)[nH]c(=O)c2ccccc21)Nc1ncc(Cc2ccc(F)c(F)c2)s1. The number of anilines is 1. The second-order valence-electron chi connectivity index (χ2n) is 6.78. The van der Waals surface area contributed by atoms with Crippen LogP contribution in [0.1, 0.15) is 16.9 Å². The van der Waals surface area contributed by atoms with Gasteiger partial charge in [-0.3, -0.25) is 19.1 Å². The van der Waals surface area contributed by atoms with Crippen molar-refractivity contribution >= 4 is 33.3 Å². The van der Waals surface area contributed by atoms with E-state index >= 15 is 0 Å². The Balaban J connectivity index is 1.41. The molecule has 2 N–H and O–H groups in total. The summed E-state index contributed by atoms with van der Waals surface area (Å²) in [5.74, 6) is -2.17. The van der Waals surface area contributed by atoms with Crippen LogP contribution in [0.15, 0.2) is 58.3 Å². The molecule has 0 saturated heterocycles. The summed E-state index contributed by atoms with van der Waals surface area (Å²) in [4.78, 5) is 43.5. The van der Waals surface area contributed by atoms with Crippen LogP contribution in [-0.2, 0) is 17.8 Å². The number of rotatable bonds is 6. The van der Waals surface area contributed by atoms with Gasteiger partial charge in [0, 0.05) is 30.5 Å². The van der Waals surface area contributed by atoms with Gasteiger partial charge in [0.05, 0.1) is 10.9 Å². The van der Waals surface area contributed by atoms with E-state index in [-0.39, 0.29) is 18.9 Å². The maximum Gasteiger partial charge on any atom is 0.328 e. The van der Waals surface area contributed by atoms with E-state index in [2.05, 4.69) is 15.3 Å². The lowest BCUT2D eigenvalue weighted by Gasteiger charge is -2.09. The fourth-order valence-corrected chi connectivity index (χ4v) is 4.02. The standard InChI is InChI=1S/C21H16F2N4O3S/c22-15-6-5-12(10-16(15)23)9-13-11-24-20(31-13)25-18(28)7-8-27-17-4-2-1-3-14(17)19(29)26-21(27)30/h1-6,10-11H,7-9H2,(H,24,25,28)(H,26,29,30). The third kappa shape index (κ3) is 4.58. The van der Waals surface area contributed by atoms with Gasteiger partial charge in [-0.15, -0.1) is 11.3 Å². The smallest absolute Gasteiger partial charge is 0.302 e. The Morgan fingerprint density at radius 3 is 2.74 bits per heavy atom. The normalized spacial score (nSPS) is 11.0. The third-order valence-corrected chi connectivity index (χ3v) is 5.54. The van der Waals surface area contributed by atoms with E-state index in [1.165, 1.54) is 22.0 Å². The molecular weight excluding hydrogens is 426 g/mol. The monoisotopic (exact) mass is 442 g/mol. The second kappa shape index (κ2) is 8.60. The first-order chi connectivity index (χ1) is 14.9. The topological polar surface area (TPSA) is 96.9 Å². The number of carbonyl (C=O) groups is 1. The molecule has 0 atom stereocenters. The summed E-state index contributed by atoms with van der Waals surface area (Å²) in [6, 6.07) is 10.3. The molecule has 158 valence electrons. The summed E-state index contributed by atoms with van der Waals surface area (Å²) in [6.07, 6.45) is 1.90. The van der Waals surface area contributed by atoms with Crippen molar-refractivity contribution in [2.75, 3.05) is 5.32 Å². The first-order valence-electron chi connectivity index (χ1n) is 9.31. The highest BCUT2D eigenvalue weighted by atomic mass is 32.1. The Labute approximate surface area is 178 Å². The molecule has 0 fully saturated rings. The van der Waals surface area contributed by atoms with Crippen molar-refractivity contribution < 1.29 is 13.6 Å². The molecule has 0 bridgehead atoms. The minimum absolute atomic E-state index is 0.00592. The maximum absolute atomic E-state index is 13.3. The van der Waals surface area contributed by atoms with Gasteiger partial charge < -0.3 is 5.32 Å². The molecule has 4 rings (SSSR count). The highest BCUT2D eigenvalue weighted by Gasteiger charge is 2.11. The molecule has 10 heteroatoms. The zero-order valence-electron chi connectivity index (χ0n) is 16.0. The molecule has 2 aromatic heterocycles. The number of aromatic amines is 1. The summed E-state index contributed by atoms with van der Waals surface area (Å²) in [5, 5.41) is 3.39. The lowest BCUT2D eigenvalue weighted by Crippen LogP contribution is -2.31. The number of hydrogen-bond acceptors (Lipinski definition) is 5. The van der Waals surface area contributed by atoms with E-state index in [1.807, 2.05) is 0 Å². The molecule has 0 aliphatic carbocycles. The highest BCUT2D eigenvalue weighted by molar-refractivity contribution is 7.15. The van der Waals surface area contributed by atoms with Crippen molar-refractivity contribution in [3.05, 3.63) is 91.6 Å². The fourth-order valence-electron chi connectivity index (χ4n) is 3.16. The molecule has 0 aliphatic heterocycles. The zero-order chi connectivity index (χ0) is 22.0. The van der Waals surface area contributed by atoms with Crippen LogP contribution in [0.5, 0.6) is 0 Å². The number of thiazole rings is 1. The van der Waals surface area contributed by atoms with Crippen LogP contribution in [0.4, 0.5) is 13.9 Å². The molecule has 7 nitrogen and oxygen atoms in total. The molecule has 0 saturated carbocycles. The number of halogens is 2. The van der Waals surface area contributed by atoms with Crippen LogP contribution >= 0.6 is 11.3 Å². The third-order valence-electron chi connectivity index (χ3n) is 4.63. The summed E-state index contributed by atoms with van der Waals surface area (Å²) in [6.45, 7) is 0.0784. The fraction of sp³-hybridized carbons (Fsp3) is 0.143. The van der Waals surface area contributed by atoms with Crippen molar-refractivity contribution in [3.63, 3.8) is 0 Å². The van der Waals surface area contributed by atoms with Gasteiger partial charge in [0.2, 0.25) is 5.91 Å². The van der Waals surface area contributed by atoms with E-state index in [9.17, 15) is 23.2 Å². The summed E-state index contributed by atoms with van der Waals surface area (Å²) < 4.78 is 27.7. The van der Waals surface area contributed by atoms with Gasteiger partial charge in [0.15, 0.2) is 16.8 Å². The van der Waals surface area contributed by atoms with Crippen molar-refractivity contribution in [2.45, 2.75) is 19.4 Å². The van der Waals surface area contributed by atoms with Crippen LogP contribution in [0.3, 0.4) is 0 Å². The second-order valence-corrected chi connectivity index (χ2v) is 7.90. The molecule has 0 spiro atoms. The number of benzene rings is 2. The van der Waals surface area contributed by atoms with E-state index in [0.29, 0.717) is 28.0 Å². The number of aryl methyl sites for hydroxylation is 1. The Bertz CT molecular complexity index is 1390. The predicted molar refractivity (Wildman–Crippen MR) is 113 cm³/mol. The summed E-state index contributed by atoms with van der Waals surface area (Å²) in [5.41, 5.74) is -0.0194. The zero-order valence-corrected chi connectivity index (χ0v) is 16.8. The van der Waals surface area contributed by atoms with Crippen LogP contribution < -0.4 is 16.6 Å². The number of para-hydroxylation sites is 1. The quantitative estimate of drug-likeness (QED) is 0.480. The molecule has 0 aliphatic rings. The van der Waals surface area contributed by atoms with Gasteiger partial charge in [-0.1, -0.05) is 18.2 Å². The van der Waals surface area contributed by atoms with Crippen LogP contribution in [0.25, 0.3) is 10.9 Å². The Morgan fingerprint density at radius 2 is 1.94 bits per heavy atom. The minimum atomic E-state index is -0.916. The number of carbonyl (C=O) groups excluding carboxylic acids is 1. The van der Waals surface area contributed by atoms with E-state index in [0.717, 1.165) is 17.0 Å². The Hall–Kier alpha value is -3.66. The highest BCUT2D eigenvalue weighted by Crippen LogP contribution is 2.22. The molecule has 2 heterocycles. The van der Waals surface area contributed by atoms with Crippen LogP contribution in [0.2, 0.25) is 0 Å². The average molecular weight is 442 g/mol. The largest absolute Gasteiger partial charge is 0.328 e. The van der Waals surface area contributed by atoms with Crippen molar-refractivity contribution in [1.82, 2.24) is 14.5 Å². The van der Waals surface area contributed by atoms with Gasteiger partial charge in [0.25, 0.3) is 5.56 Å². The van der Waals surface area contributed by atoms with Crippen molar-refractivity contribution in [3.8, 4) is 0 Å². The van der Waals surface area contributed by atoms with Crippen molar-refractivity contribution in [1.29, 1.82) is 0 Å². The first-order valence-corrected chi connectivity index (χ1v) is 10.1. The average Bonchev–Trinajstić information content (AvgIpc) is 3.17. The van der Waals surface area contributed by atoms with E-state index in [1.54, 1.807) is 30.5 Å². The lowest BCUT2D eigenvalue weighted by atomic mass is 10.1. The Morgan fingerprint density at radius 1 is 1.13 bits per heavy atom.